The fraction of sp³-hybridized carbons (Fsp3) is 0.364. The quantitative estimate of drug-likeness (QED) is 0.248. The summed E-state index contributed by atoms with van der Waals surface area (Å²) < 4.78 is 11.0. The van der Waals surface area contributed by atoms with Gasteiger partial charge in [-0.15, -0.1) is 24.0 Å². The van der Waals surface area contributed by atoms with Gasteiger partial charge < -0.3 is 20.5 Å². The molecule has 0 fully saturated rings. The number of nitrogens with zero attached hydrogens (tertiary/aromatic N) is 1. The topological polar surface area (TPSA) is 85.9 Å². The fourth-order valence-corrected chi connectivity index (χ4v) is 2.39. The zero-order valence-electron chi connectivity index (χ0n) is 17.6. The number of guanidine groups is 1. The van der Waals surface area contributed by atoms with Gasteiger partial charge in [-0.3, -0.25) is 0 Å². The predicted molar refractivity (Wildman–Crippen MR) is 128 cm³/mol. The first kappa shape index (κ1) is 24.7. The van der Waals surface area contributed by atoms with E-state index in [0.717, 1.165) is 17.0 Å². The smallest absolute Gasteiger partial charge is 0.338 e. The monoisotopic (exact) mass is 511 g/mol. The lowest BCUT2D eigenvalue weighted by Crippen LogP contribution is -2.24. The van der Waals surface area contributed by atoms with E-state index in [1.165, 1.54) is 0 Å². The summed E-state index contributed by atoms with van der Waals surface area (Å²) in [5.41, 5.74) is 7.62. The molecule has 0 saturated carbocycles. The predicted octanol–water partition coefficient (Wildman–Crippen LogP) is 4.97. The molecule has 7 heteroatoms. The Morgan fingerprint density at radius 2 is 1.79 bits per heavy atom. The van der Waals surface area contributed by atoms with Gasteiger partial charge in [0.05, 0.1) is 18.2 Å². The number of anilines is 1. The molecule has 2 rings (SSSR count). The Balaban J connectivity index is 0.00000420. The molecule has 0 aliphatic carbocycles. The zero-order valence-corrected chi connectivity index (χ0v) is 19.9. The Bertz CT molecular complexity index is 828. The molecule has 0 saturated heterocycles. The minimum atomic E-state index is -0.532. The summed E-state index contributed by atoms with van der Waals surface area (Å²) in [5, 5.41) is 3.04. The lowest BCUT2D eigenvalue weighted by molar-refractivity contribution is 0.00694. The minimum absolute atomic E-state index is 0. The van der Waals surface area contributed by atoms with Crippen LogP contribution in [0.1, 0.15) is 50.5 Å². The number of ether oxygens (including phenoxy) is 2. The summed E-state index contributed by atoms with van der Waals surface area (Å²) in [7, 11) is 0. The van der Waals surface area contributed by atoms with Gasteiger partial charge in [0.25, 0.3) is 0 Å². The molecule has 3 N–H and O–H groups in total. The zero-order chi connectivity index (χ0) is 20.7. The van der Waals surface area contributed by atoms with Crippen LogP contribution in [-0.4, -0.2) is 23.6 Å². The van der Waals surface area contributed by atoms with Gasteiger partial charge in [-0.1, -0.05) is 12.1 Å². The van der Waals surface area contributed by atoms with Crippen molar-refractivity contribution in [3.8, 4) is 5.75 Å². The van der Waals surface area contributed by atoms with Crippen LogP contribution in [0.25, 0.3) is 0 Å². The molecule has 0 atom stereocenters. The van der Waals surface area contributed by atoms with E-state index in [1.54, 1.807) is 18.2 Å². The van der Waals surface area contributed by atoms with Crippen LogP contribution < -0.4 is 15.8 Å². The maximum atomic E-state index is 12.2. The molecular formula is C22H30IN3O3. The number of carbonyl (C=O) groups excluding carboxylic acids is 1. The number of carbonyl (C=O) groups is 1. The van der Waals surface area contributed by atoms with Gasteiger partial charge >= 0.3 is 5.97 Å². The van der Waals surface area contributed by atoms with Crippen molar-refractivity contribution in [3.05, 3.63) is 59.7 Å². The van der Waals surface area contributed by atoms with E-state index in [9.17, 15) is 4.79 Å². The molecule has 0 aliphatic rings. The van der Waals surface area contributed by atoms with Crippen LogP contribution in [0, 0.1) is 0 Å². The summed E-state index contributed by atoms with van der Waals surface area (Å²) in [6, 6.07) is 14.7. The number of hydrogen-bond acceptors (Lipinski definition) is 4. The van der Waals surface area contributed by atoms with E-state index in [0.29, 0.717) is 18.1 Å². The standard InChI is InChI=1S/C22H29N3O3.HI/c1-15(2)27-19-11-9-18(10-12-19)25-21(23)24-14-16-7-6-8-17(13-16)20(26)28-22(3,4)5;/h6-13,15H,14H2,1-5H3,(H3,23,24,25);1H. The van der Waals surface area contributed by atoms with Crippen LogP contribution >= 0.6 is 24.0 Å². The molecular weight excluding hydrogens is 481 g/mol. The van der Waals surface area contributed by atoms with Gasteiger partial charge in [-0.2, -0.15) is 0 Å². The average Bonchev–Trinajstić information content (AvgIpc) is 2.60. The second-order valence-electron chi connectivity index (χ2n) is 7.72. The summed E-state index contributed by atoms with van der Waals surface area (Å²) in [5.74, 6) is 0.739. The highest BCUT2D eigenvalue weighted by Crippen LogP contribution is 2.17. The first-order chi connectivity index (χ1) is 13.1. The second-order valence-corrected chi connectivity index (χ2v) is 7.72. The van der Waals surface area contributed by atoms with E-state index in [1.807, 2.05) is 65.0 Å². The van der Waals surface area contributed by atoms with Crippen LogP contribution in [0.2, 0.25) is 0 Å². The number of esters is 1. The second kappa shape index (κ2) is 11.0. The van der Waals surface area contributed by atoms with Crippen LogP contribution in [0.4, 0.5) is 5.69 Å². The first-order valence-electron chi connectivity index (χ1n) is 9.28. The summed E-state index contributed by atoms with van der Waals surface area (Å²) >= 11 is 0. The number of benzene rings is 2. The van der Waals surface area contributed by atoms with Crippen LogP contribution in [0.15, 0.2) is 53.5 Å². The highest BCUT2D eigenvalue weighted by atomic mass is 127. The van der Waals surface area contributed by atoms with E-state index in [-0.39, 0.29) is 36.0 Å². The van der Waals surface area contributed by atoms with Crippen molar-refractivity contribution in [3.63, 3.8) is 0 Å². The first-order valence-corrected chi connectivity index (χ1v) is 9.28. The molecule has 0 heterocycles. The van der Waals surface area contributed by atoms with Crippen molar-refractivity contribution in [1.29, 1.82) is 0 Å². The molecule has 0 aromatic heterocycles. The molecule has 29 heavy (non-hydrogen) atoms. The van der Waals surface area contributed by atoms with E-state index in [4.69, 9.17) is 15.2 Å². The fourth-order valence-electron chi connectivity index (χ4n) is 2.39. The molecule has 2 aromatic rings. The minimum Gasteiger partial charge on any atom is -0.491 e. The highest BCUT2D eigenvalue weighted by Gasteiger charge is 2.17. The molecule has 0 unspecified atom stereocenters. The van der Waals surface area contributed by atoms with Crippen molar-refractivity contribution in [2.75, 3.05) is 5.32 Å². The Labute approximate surface area is 189 Å². The number of aliphatic imine (C=N–C) groups is 1. The van der Waals surface area contributed by atoms with Crippen molar-refractivity contribution in [1.82, 2.24) is 0 Å². The Hall–Kier alpha value is -2.29. The van der Waals surface area contributed by atoms with Crippen molar-refractivity contribution >= 4 is 41.6 Å². The third-order valence-corrected chi connectivity index (χ3v) is 3.49. The molecule has 2 aromatic carbocycles. The summed E-state index contributed by atoms with van der Waals surface area (Å²) in [4.78, 5) is 16.5. The van der Waals surface area contributed by atoms with Crippen LogP contribution in [0.3, 0.4) is 0 Å². The lowest BCUT2D eigenvalue weighted by Gasteiger charge is -2.19. The SMILES string of the molecule is CC(C)Oc1ccc(NC(N)=NCc2cccc(C(=O)OC(C)(C)C)c2)cc1.I. The average molecular weight is 511 g/mol. The molecule has 0 bridgehead atoms. The van der Waals surface area contributed by atoms with E-state index in [2.05, 4.69) is 10.3 Å². The molecule has 0 amide bonds. The van der Waals surface area contributed by atoms with Gasteiger partial charge in [0.15, 0.2) is 5.96 Å². The number of rotatable bonds is 6. The molecule has 0 radical (unpaired) electrons. The molecule has 0 spiro atoms. The Morgan fingerprint density at radius 3 is 2.38 bits per heavy atom. The van der Waals surface area contributed by atoms with E-state index >= 15 is 0 Å². The van der Waals surface area contributed by atoms with Gasteiger partial charge in [-0.25, -0.2) is 9.79 Å². The normalized spacial score (nSPS) is 11.6. The van der Waals surface area contributed by atoms with Crippen LogP contribution in [0.5, 0.6) is 5.75 Å². The van der Waals surface area contributed by atoms with Gasteiger partial charge in [0, 0.05) is 5.69 Å². The summed E-state index contributed by atoms with van der Waals surface area (Å²) in [6.07, 6.45) is 0.127. The number of nitrogens with one attached hydrogen (secondary N) is 1. The lowest BCUT2D eigenvalue weighted by atomic mass is 10.1. The molecule has 158 valence electrons. The third kappa shape index (κ3) is 9.17. The van der Waals surface area contributed by atoms with Crippen molar-refractivity contribution in [2.45, 2.75) is 52.9 Å². The maximum Gasteiger partial charge on any atom is 0.338 e. The third-order valence-electron chi connectivity index (χ3n) is 3.49. The van der Waals surface area contributed by atoms with E-state index < -0.39 is 5.60 Å². The number of halogens is 1. The van der Waals surface area contributed by atoms with Gasteiger partial charge in [-0.05, 0) is 76.6 Å². The van der Waals surface area contributed by atoms with Gasteiger partial charge in [0.2, 0.25) is 0 Å². The van der Waals surface area contributed by atoms with Crippen LogP contribution in [-0.2, 0) is 11.3 Å². The Morgan fingerprint density at radius 1 is 1.14 bits per heavy atom. The summed E-state index contributed by atoms with van der Waals surface area (Å²) in [6.45, 7) is 9.83. The number of nitrogens with two attached hydrogens (primary N) is 1. The van der Waals surface area contributed by atoms with Crippen molar-refractivity contribution < 1.29 is 14.3 Å². The van der Waals surface area contributed by atoms with Crippen molar-refractivity contribution in [2.24, 2.45) is 10.7 Å². The maximum absolute atomic E-state index is 12.2. The Kier molecular flexibility index (Phi) is 9.42. The van der Waals surface area contributed by atoms with Gasteiger partial charge in [0.1, 0.15) is 11.4 Å². The largest absolute Gasteiger partial charge is 0.491 e. The number of hydrogen-bond donors (Lipinski definition) is 2. The molecule has 0 aliphatic heterocycles. The molecule has 6 nitrogen and oxygen atoms in total. The highest BCUT2D eigenvalue weighted by molar-refractivity contribution is 14.0.